The van der Waals surface area contributed by atoms with Gasteiger partial charge in [0.2, 0.25) is 0 Å². The molecule has 1 heterocycles. The number of alkyl halides is 2. The molecule has 0 aliphatic carbocycles. The largest absolute Gasteiger partial charge is 0.375 e. The Hall–Kier alpha value is -0.690. The van der Waals surface area contributed by atoms with Gasteiger partial charge in [-0.25, -0.2) is 8.78 Å². The van der Waals surface area contributed by atoms with Crippen LogP contribution in [0.5, 0.6) is 0 Å². The molecule has 0 radical (unpaired) electrons. The monoisotopic (exact) mass is 251 g/mol. The standard InChI is InChI=1S/C9H15F2N3OS/c1-7(2)14-6-12-13-9(14)16-4-3-15-5-8(10)11/h6-8H,3-5H2,1-2H3. The number of hydrogen-bond acceptors (Lipinski definition) is 4. The van der Waals surface area contributed by atoms with Crippen LogP contribution in [-0.2, 0) is 4.74 Å². The van der Waals surface area contributed by atoms with Crippen LogP contribution in [0, 0.1) is 0 Å². The van der Waals surface area contributed by atoms with E-state index in [2.05, 4.69) is 10.2 Å². The molecule has 0 aliphatic heterocycles. The van der Waals surface area contributed by atoms with E-state index in [4.69, 9.17) is 4.74 Å². The zero-order chi connectivity index (χ0) is 12.0. The molecule has 0 aliphatic rings. The zero-order valence-corrected chi connectivity index (χ0v) is 10.1. The second-order valence-electron chi connectivity index (χ2n) is 3.43. The van der Waals surface area contributed by atoms with Crippen molar-refractivity contribution in [3.05, 3.63) is 6.33 Å². The van der Waals surface area contributed by atoms with Crippen LogP contribution in [0.3, 0.4) is 0 Å². The molecular formula is C9H15F2N3OS. The van der Waals surface area contributed by atoms with Gasteiger partial charge in [-0.2, -0.15) is 0 Å². The van der Waals surface area contributed by atoms with Crippen LogP contribution in [0.15, 0.2) is 11.5 Å². The fraction of sp³-hybridized carbons (Fsp3) is 0.778. The molecule has 0 spiro atoms. The Balaban J connectivity index is 2.24. The summed E-state index contributed by atoms with van der Waals surface area (Å²) in [7, 11) is 0. The van der Waals surface area contributed by atoms with E-state index in [1.54, 1.807) is 6.33 Å². The first-order valence-corrected chi connectivity index (χ1v) is 5.98. The van der Waals surface area contributed by atoms with E-state index in [1.807, 2.05) is 18.4 Å². The molecule has 1 rings (SSSR count). The summed E-state index contributed by atoms with van der Waals surface area (Å²) in [6.07, 6.45) is -0.739. The molecule has 0 amide bonds. The van der Waals surface area contributed by atoms with E-state index in [9.17, 15) is 8.78 Å². The normalized spacial score (nSPS) is 11.6. The molecule has 7 heteroatoms. The van der Waals surface area contributed by atoms with Crippen molar-refractivity contribution in [1.29, 1.82) is 0 Å². The van der Waals surface area contributed by atoms with Crippen molar-refractivity contribution in [2.45, 2.75) is 31.5 Å². The first kappa shape index (κ1) is 13.4. The van der Waals surface area contributed by atoms with Crippen LogP contribution in [0.2, 0.25) is 0 Å². The molecule has 0 atom stereocenters. The third-order valence-corrected chi connectivity index (χ3v) is 2.72. The van der Waals surface area contributed by atoms with Gasteiger partial charge < -0.3 is 9.30 Å². The lowest BCUT2D eigenvalue weighted by Crippen LogP contribution is -2.07. The third kappa shape index (κ3) is 4.44. The topological polar surface area (TPSA) is 39.9 Å². The minimum atomic E-state index is -2.40. The SMILES string of the molecule is CC(C)n1cnnc1SCCOCC(F)F. The van der Waals surface area contributed by atoms with Gasteiger partial charge in [0.25, 0.3) is 6.43 Å². The lowest BCUT2D eigenvalue weighted by atomic mass is 10.4. The van der Waals surface area contributed by atoms with Crippen molar-refractivity contribution in [2.75, 3.05) is 19.0 Å². The highest BCUT2D eigenvalue weighted by Gasteiger charge is 2.07. The quantitative estimate of drug-likeness (QED) is 0.550. The van der Waals surface area contributed by atoms with Gasteiger partial charge in [-0.3, -0.25) is 0 Å². The molecule has 0 saturated carbocycles. The van der Waals surface area contributed by atoms with Crippen LogP contribution < -0.4 is 0 Å². The maximum atomic E-state index is 11.7. The highest BCUT2D eigenvalue weighted by molar-refractivity contribution is 7.99. The van der Waals surface area contributed by atoms with E-state index in [1.165, 1.54) is 11.8 Å². The molecule has 4 nitrogen and oxygen atoms in total. The first-order chi connectivity index (χ1) is 7.61. The number of thioether (sulfide) groups is 1. The number of ether oxygens (including phenoxy) is 1. The summed E-state index contributed by atoms with van der Waals surface area (Å²) < 4.78 is 30.2. The van der Waals surface area contributed by atoms with Crippen LogP contribution in [0.1, 0.15) is 19.9 Å². The molecule has 0 unspecified atom stereocenters. The average molecular weight is 251 g/mol. The van der Waals surface area contributed by atoms with Crippen molar-refractivity contribution in [3.8, 4) is 0 Å². The van der Waals surface area contributed by atoms with Crippen LogP contribution in [0.4, 0.5) is 8.78 Å². The maximum absolute atomic E-state index is 11.7. The second kappa shape index (κ2) is 6.80. The highest BCUT2D eigenvalue weighted by Crippen LogP contribution is 2.18. The van der Waals surface area contributed by atoms with E-state index in [0.29, 0.717) is 18.4 Å². The third-order valence-electron chi connectivity index (χ3n) is 1.80. The maximum Gasteiger partial charge on any atom is 0.261 e. The summed E-state index contributed by atoms with van der Waals surface area (Å²) in [5.41, 5.74) is 0. The Labute approximate surface area is 97.4 Å². The van der Waals surface area contributed by atoms with Crippen molar-refractivity contribution in [1.82, 2.24) is 14.8 Å². The van der Waals surface area contributed by atoms with Gasteiger partial charge in [0, 0.05) is 11.8 Å². The molecule has 1 aromatic heterocycles. The molecule has 1 aromatic rings. The van der Waals surface area contributed by atoms with Crippen LogP contribution >= 0.6 is 11.8 Å². The van der Waals surface area contributed by atoms with Crippen molar-refractivity contribution in [2.24, 2.45) is 0 Å². The Morgan fingerprint density at radius 1 is 1.50 bits per heavy atom. The molecule has 0 N–H and O–H groups in total. The molecule has 0 fully saturated rings. The molecule has 0 saturated heterocycles. The van der Waals surface area contributed by atoms with Gasteiger partial charge in [-0.05, 0) is 13.8 Å². The van der Waals surface area contributed by atoms with Gasteiger partial charge in [-0.15, -0.1) is 10.2 Å². The minimum absolute atomic E-state index is 0.291. The molecular weight excluding hydrogens is 236 g/mol. The smallest absolute Gasteiger partial charge is 0.261 e. The Kier molecular flexibility index (Phi) is 5.68. The fourth-order valence-electron chi connectivity index (χ4n) is 1.05. The number of nitrogens with zero attached hydrogens (tertiary/aromatic N) is 3. The Morgan fingerprint density at radius 3 is 2.88 bits per heavy atom. The summed E-state index contributed by atoms with van der Waals surface area (Å²) in [4.78, 5) is 0. The number of aromatic nitrogens is 3. The summed E-state index contributed by atoms with van der Waals surface area (Å²) in [6.45, 7) is 3.85. The van der Waals surface area contributed by atoms with Gasteiger partial charge in [0.1, 0.15) is 12.9 Å². The van der Waals surface area contributed by atoms with E-state index in [0.717, 1.165) is 5.16 Å². The molecule has 0 bridgehead atoms. The number of hydrogen-bond donors (Lipinski definition) is 0. The summed E-state index contributed by atoms with van der Waals surface area (Å²) in [6, 6.07) is 0.291. The van der Waals surface area contributed by atoms with Gasteiger partial charge in [0.05, 0.1) is 6.61 Å². The molecule has 16 heavy (non-hydrogen) atoms. The lowest BCUT2D eigenvalue weighted by Gasteiger charge is -2.09. The molecule has 92 valence electrons. The summed E-state index contributed by atoms with van der Waals surface area (Å²) >= 11 is 1.45. The first-order valence-electron chi connectivity index (χ1n) is 4.99. The number of halogens is 2. The van der Waals surface area contributed by atoms with Crippen molar-refractivity contribution >= 4 is 11.8 Å². The Morgan fingerprint density at radius 2 is 2.25 bits per heavy atom. The molecule has 0 aromatic carbocycles. The van der Waals surface area contributed by atoms with Gasteiger partial charge in [-0.1, -0.05) is 11.8 Å². The number of rotatable bonds is 7. The predicted molar refractivity (Wildman–Crippen MR) is 58.0 cm³/mol. The van der Waals surface area contributed by atoms with E-state index in [-0.39, 0.29) is 0 Å². The predicted octanol–water partition coefficient (Wildman–Crippen LogP) is 2.23. The van der Waals surface area contributed by atoms with Crippen LogP contribution in [0.25, 0.3) is 0 Å². The fourth-order valence-corrected chi connectivity index (χ4v) is 1.95. The van der Waals surface area contributed by atoms with Gasteiger partial charge >= 0.3 is 0 Å². The summed E-state index contributed by atoms with van der Waals surface area (Å²) in [5, 5.41) is 8.53. The van der Waals surface area contributed by atoms with Crippen LogP contribution in [-0.4, -0.2) is 40.2 Å². The van der Waals surface area contributed by atoms with Crippen molar-refractivity contribution in [3.63, 3.8) is 0 Å². The van der Waals surface area contributed by atoms with Gasteiger partial charge in [0.15, 0.2) is 5.16 Å². The zero-order valence-electron chi connectivity index (χ0n) is 9.27. The summed E-state index contributed by atoms with van der Waals surface area (Å²) in [5.74, 6) is 0.595. The second-order valence-corrected chi connectivity index (χ2v) is 4.49. The minimum Gasteiger partial charge on any atom is -0.375 e. The van der Waals surface area contributed by atoms with E-state index >= 15 is 0 Å². The van der Waals surface area contributed by atoms with E-state index < -0.39 is 13.0 Å². The lowest BCUT2D eigenvalue weighted by molar-refractivity contribution is 0.0237. The average Bonchev–Trinajstić information content (AvgIpc) is 2.65. The Bertz CT molecular complexity index is 307. The highest BCUT2D eigenvalue weighted by atomic mass is 32.2. The van der Waals surface area contributed by atoms with Crippen molar-refractivity contribution < 1.29 is 13.5 Å².